The van der Waals surface area contributed by atoms with Crippen LogP contribution in [0, 0.1) is 11.8 Å². The van der Waals surface area contributed by atoms with Gasteiger partial charge in [-0.2, -0.15) is 0 Å². The van der Waals surface area contributed by atoms with E-state index in [-0.39, 0.29) is 0 Å². The highest BCUT2D eigenvalue weighted by molar-refractivity contribution is 4.95. The van der Waals surface area contributed by atoms with E-state index in [1.807, 2.05) is 0 Å². The van der Waals surface area contributed by atoms with Crippen LogP contribution in [0.4, 0.5) is 0 Å². The minimum atomic E-state index is 0.816. The van der Waals surface area contributed by atoms with E-state index in [2.05, 4.69) is 37.5 Å². The Morgan fingerprint density at radius 3 is 2.00 bits per heavy atom. The molecule has 2 nitrogen and oxygen atoms in total. The summed E-state index contributed by atoms with van der Waals surface area (Å²) in [5.74, 6) is 1.67. The van der Waals surface area contributed by atoms with Gasteiger partial charge in [0.05, 0.1) is 0 Å². The third-order valence-electron chi connectivity index (χ3n) is 4.30. The van der Waals surface area contributed by atoms with E-state index in [1.54, 1.807) is 0 Å². The van der Waals surface area contributed by atoms with E-state index in [0.717, 1.165) is 23.9 Å². The van der Waals surface area contributed by atoms with Gasteiger partial charge in [-0.25, -0.2) is 0 Å². The molecule has 2 aliphatic rings. The van der Waals surface area contributed by atoms with Gasteiger partial charge < -0.3 is 0 Å². The molecule has 0 saturated carbocycles. The van der Waals surface area contributed by atoms with Gasteiger partial charge in [-0.1, -0.05) is 27.7 Å². The van der Waals surface area contributed by atoms with E-state index in [0.29, 0.717) is 0 Å². The Balaban J connectivity index is 1.84. The third-order valence-corrected chi connectivity index (χ3v) is 4.30. The van der Waals surface area contributed by atoms with Crippen LogP contribution in [0.1, 0.15) is 47.0 Å². The summed E-state index contributed by atoms with van der Waals surface area (Å²) in [6.45, 7) is 14.7. The number of piperazine rings is 1. The summed E-state index contributed by atoms with van der Waals surface area (Å²) >= 11 is 0. The molecule has 0 N–H and O–H groups in total. The normalized spacial score (nSPS) is 30.7. The summed E-state index contributed by atoms with van der Waals surface area (Å²) in [6.07, 6.45) is 4.26. The molecule has 100 valence electrons. The van der Waals surface area contributed by atoms with Crippen molar-refractivity contribution in [2.75, 3.05) is 26.2 Å². The molecule has 0 radical (unpaired) electrons. The SMILES string of the molecule is CC(C)CCN1C2CC[C@@H]1CN(CC(C)C)C2. The molecule has 0 amide bonds. The number of rotatable bonds is 5. The number of fused-ring (bicyclic) bond motifs is 2. The van der Waals surface area contributed by atoms with Crippen molar-refractivity contribution >= 4 is 0 Å². The maximum Gasteiger partial charge on any atom is 0.0227 e. The first-order valence-corrected chi connectivity index (χ1v) is 7.54. The summed E-state index contributed by atoms with van der Waals surface area (Å²) in [4.78, 5) is 5.52. The summed E-state index contributed by atoms with van der Waals surface area (Å²) < 4.78 is 0. The summed E-state index contributed by atoms with van der Waals surface area (Å²) in [5, 5.41) is 0. The van der Waals surface area contributed by atoms with Crippen molar-refractivity contribution in [1.82, 2.24) is 9.80 Å². The van der Waals surface area contributed by atoms with E-state index >= 15 is 0 Å². The molecule has 17 heavy (non-hydrogen) atoms. The third kappa shape index (κ3) is 3.45. The van der Waals surface area contributed by atoms with Crippen LogP contribution in [-0.4, -0.2) is 48.1 Å². The zero-order chi connectivity index (χ0) is 12.4. The lowest BCUT2D eigenvalue weighted by Crippen LogP contribution is -2.54. The minimum Gasteiger partial charge on any atom is -0.300 e. The second-order valence-electron chi connectivity index (χ2n) is 6.92. The van der Waals surface area contributed by atoms with Crippen molar-refractivity contribution in [2.45, 2.75) is 59.0 Å². The van der Waals surface area contributed by atoms with Crippen LogP contribution in [0.5, 0.6) is 0 Å². The topological polar surface area (TPSA) is 6.48 Å². The minimum absolute atomic E-state index is 0.816. The lowest BCUT2D eigenvalue weighted by Gasteiger charge is -2.42. The van der Waals surface area contributed by atoms with Crippen molar-refractivity contribution in [3.8, 4) is 0 Å². The van der Waals surface area contributed by atoms with E-state index in [4.69, 9.17) is 0 Å². The molecule has 2 fully saturated rings. The van der Waals surface area contributed by atoms with Gasteiger partial charge >= 0.3 is 0 Å². The molecular formula is C15H30N2. The van der Waals surface area contributed by atoms with Crippen molar-refractivity contribution in [3.05, 3.63) is 0 Å². The molecular weight excluding hydrogens is 208 g/mol. The van der Waals surface area contributed by atoms with Gasteiger partial charge in [-0.3, -0.25) is 9.80 Å². The van der Waals surface area contributed by atoms with Crippen LogP contribution in [0.15, 0.2) is 0 Å². The first-order valence-electron chi connectivity index (χ1n) is 7.54. The van der Waals surface area contributed by atoms with Gasteiger partial charge in [0.1, 0.15) is 0 Å². The Labute approximate surface area is 107 Å². The zero-order valence-electron chi connectivity index (χ0n) is 12.2. The summed E-state index contributed by atoms with van der Waals surface area (Å²) in [6, 6.07) is 1.73. The molecule has 0 aromatic heterocycles. The van der Waals surface area contributed by atoms with Crippen LogP contribution >= 0.6 is 0 Å². The Morgan fingerprint density at radius 1 is 0.941 bits per heavy atom. The molecule has 2 bridgehead atoms. The van der Waals surface area contributed by atoms with Crippen LogP contribution in [0.3, 0.4) is 0 Å². The Bertz CT molecular complexity index is 223. The summed E-state index contributed by atoms with van der Waals surface area (Å²) in [5.41, 5.74) is 0. The van der Waals surface area contributed by atoms with E-state index < -0.39 is 0 Å². The van der Waals surface area contributed by atoms with Crippen LogP contribution in [0.2, 0.25) is 0 Å². The van der Waals surface area contributed by atoms with E-state index in [9.17, 15) is 0 Å². The number of hydrogen-bond acceptors (Lipinski definition) is 2. The molecule has 2 atom stereocenters. The van der Waals surface area contributed by atoms with Crippen LogP contribution < -0.4 is 0 Å². The average Bonchev–Trinajstić information content (AvgIpc) is 2.45. The predicted octanol–water partition coefficient (Wildman–Crippen LogP) is 2.84. The highest BCUT2D eigenvalue weighted by atomic mass is 15.3. The van der Waals surface area contributed by atoms with Gasteiger partial charge in [0.25, 0.3) is 0 Å². The largest absolute Gasteiger partial charge is 0.300 e. The lowest BCUT2D eigenvalue weighted by atomic mass is 10.1. The molecule has 0 aliphatic carbocycles. The molecule has 2 rings (SSSR count). The monoisotopic (exact) mass is 238 g/mol. The smallest absolute Gasteiger partial charge is 0.0227 e. The molecule has 2 heterocycles. The molecule has 1 unspecified atom stereocenters. The van der Waals surface area contributed by atoms with Crippen LogP contribution in [0.25, 0.3) is 0 Å². The first-order chi connectivity index (χ1) is 8.06. The predicted molar refractivity (Wildman–Crippen MR) is 74.2 cm³/mol. The second-order valence-corrected chi connectivity index (χ2v) is 6.92. The standard InChI is InChI=1S/C15H30N2/c1-12(2)7-8-17-14-5-6-15(17)11-16(10-14)9-13(3)4/h12-15H,5-11H2,1-4H3/t14-,15?/m1/s1. The van der Waals surface area contributed by atoms with Crippen molar-refractivity contribution in [3.63, 3.8) is 0 Å². The zero-order valence-corrected chi connectivity index (χ0v) is 12.2. The first kappa shape index (κ1) is 13.4. The van der Waals surface area contributed by atoms with Crippen molar-refractivity contribution < 1.29 is 0 Å². The quantitative estimate of drug-likeness (QED) is 0.727. The fourth-order valence-corrected chi connectivity index (χ4v) is 3.52. The highest BCUT2D eigenvalue weighted by Crippen LogP contribution is 2.30. The lowest BCUT2D eigenvalue weighted by molar-refractivity contribution is 0.0572. The van der Waals surface area contributed by atoms with Gasteiger partial charge in [0.15, 0.2) is 0 Å². The van der Waals surface area contributed by atoms with Gasteiger partial charge in [0.2, 0.25) is 0 Å². The van der Waals surface area contributed by atoms with E-state index in [1.165, 1.54) is 45.4 Å². The maximum absolute atomic E-state index is 2.82. The maximum atomic E-state index is 2.82. The summed E-state index contributed by atoms with van der Waals surface area (Å²) in [7, 11) is 0. The van der Waals surface area contributed by atoms with Crippen molar-refractivity contribution in [2.24, 2.45) is 11.8 Å². The average molecular weight is 238 g/mol. The van der Waals surface area contributed by atoms with Gasteiger partial charge in [0, 0.05) is 31.7 Å². The molecule has 2 heteroatoms. The number of likely N-dealkylation sites (tertiary alicyclic amines) is 1. The molecule has 0 aromatic rings. The molecule has 0 aromatic carbocycles. The highest BCUT2D eigenvalue weighted by Gasteiger charge is 2.39. The van der Waals surface area contributed by atoms with Gasteiger partial charge in [-0.15, -0.1) is 0 Å². The van der Waals surface area contributed by atoms with Crippen molar-refractivity contribution in [1.29, 1.82) is 0 Å². The molecule has 2 saturated heterocycles. The Hall–Kier alpha value is -0.0800. The fourth-order valence-electron chi connectivity index (χ4n) is 3.52. The number of hydrogen-bond donors (Lipinski definition) is 0. The Kier molecular flexibility index (Phi) is 4.48. The molecule has 0 spiro atoms. The second kappa shape index (κ2) is 5.71. The fraction of sp³-hybridized carbons (Fsp3) is 1.00. The molecule has 2 aliphatic heterocycles. The van der Waals surface area contributed by atoms with Gasteiger partial charge in [-0.05, 0) is 37.6 Å². The van der Waals surface area contributed by atoms with Crippen LogP contribution in [-0.2, 0) is 0 Å². The Morgan fingerprint density at radius 2 is 1.53 bits per heavy atom. The number of nitrogens with zero attached hydrogens (tertiary/aromatic N) is 2.